The van der Waals surface area contributed by atoms with Crippen molar-refractivity contribution in [1.82, 2.24) is 24.5 Å². The third kappa shape index (κ3) is 4.47. The second kappa shape index (κ2) is 9.91. The fourth-order valence-corrected chi connectivity index (χ4v) is 5.82. The fourth-order valence-electron chi connectivity index (χ4n) is 5.60. The normalized spacial score (nSPS) is 19.0. The van der Waals surface area contributed by atoms with Crippen molar-refractivity contribution < 1.29 is 14.0 Å². The van der Waals surface area contributed by atoms with Gasteiger partial charge in [-0.3, -0.25) is 14.3 Å². The van der Waals surface area contributed by atoms with Crippen LogP contribution in [0.25, 0.3) is 16.8 Å². The van der Waals surface area contributed by atoms with Gasteiger partial charge in [-0.05, 0) is 60.9 Å². The molecule has 4 aromatic rings. The van der Waals surface area contributed by atoms with Crippen molar-refractivity contribution in [3.8, 4) is 16.8 Å². The van der Waals surface area contributed by atoms with Gasteiger partial charge in [0.15, 0.2) is 5.52 Å². The molecule has 3 atom stereocenters. The lowest BCUT2D eigenvalue weighted by molar-refractivity contribution is 0.0719. The van der Waals surface area contributed by atoms with Gasteiger partial charge in [-0.15, -0.1) is 0 Å². The number of amides is 1. The molecule has 0 bridgehead atoms. The standard InChI is InChI=1S/C29H29FN5O2P/c1-33-17-19(15-31-33)23-14-24(23)27-25(29(37)38)16-32-35(27)20-8-5-7-18(13-20)21-9-6-10-22(26(21)30)28(36)34-11-3-2-4-12-34/h5-10,13,15-17,23-24H,2-4,11-12,14,38H2,1H3. The van der Waals surface area contributed by atoms with E-state index in [4.69, 9.17) is 0 Å². The van der Waals surface area contributed by atoms with Gasteiger partial charge in [-0.2, -0.15) is 10.2 Å². The Labute approximate surface area is 222 Å². The van der Waals surface area contributed by atoms with E-state index < -0.39 is 5.82 Å². The number of benzene rings is 2. The largest absolute Gasteiger partial charge is 0.339 e. The zero-order valence-corrected chi connectivity index (χ0v) is 22.3. The maximum Gasteiger partial charge on any atom is 0.256 e. The summed E-state index contributed by atoms with van der Waals surface area (Å²) in [6.45, 7) is 1.33. The molecule has 9 heteroatoms. The van der Waals surface area contributed by atoms with Crippen molar-refractivity contribution in [2.75, 3.05) is 13.1 Å². The lowest BCUT2D eigenvalue weighted by Crippen LogP contribution is -2.36. The van der Waals surface area contributed by atoms with Crippen LogP contribution < -0.4 is 0 Å². The predicted octanol–water partition coefficient (Wildman–Crippen LogP) is 5.32. The van der Waals surface area contributed by atoms with Crippen molar-refractivity contribution in [2.45, 2.75) is 37.5 Å². The van der Waals surface area contributed by atoms with Crippen molar-refractivity contribution in [3.63, 3.8) is 0 Å². The molecule has 3 unspecified atom stereocenters. The summed E-state index contributed by atoms with van der Waals surface area (Å²) in [7, 11) is 4.14. The first kappa shape index (κ1) is 24.7. The first-order chi connectivity index (χ1) is 18.4. The Bertz CT molecular complexity index is 1540. The molecule has 0 N–H and O–H groups in total. The number of piperidine rings is 1. The summed E-state index contributed by atoms with van der Waals surface area (Å²) in [6.07, 6.45) is 9.38. The first-order valence-corrected chi connectivity index (χ1v) is 13.5. The molecule has 0 radical (unpaired) electrons. The van der Waals surface area contributed by atoms with E-state index in [1.54, 1.807) is 38.7 Å². The highest BCUT2D eigenvalue weighted by atomic mass is 31.0. The van der Waals surface area contributed by atoms with Crippen LogP contribution in [-0.2, 0) is 7.05 Å². The SMILES string of the molecule is Cn1cc(C2CC2c2c(C(=O)P)cnn2-c2cccc(-c3cccc(C(=O)N4CCCCC4)c3F)c2)cn1. The molecule has 194 valence electrons. The van der Waals surface area contributed by atoms with Crippen LogP contribution in [0.3, 0.4) is 0 Å². The van der Waals surface area contributed by atoms with Crippen LogP contribution in [0.5, 0.6) is 0 Å². The average Bonchev–Trinajstić information content (AvgIpc) is 3.37. The smallest absolute Gasteiger partial charge is 0.256 e. The second-order valence-corrected chi connectivity index (χ2v) is 10.7. The minimum absolute atomic E-state index is 0.0998. The van der Waals surface area contributed by atoms with Gasteiger partial charge >= 0.3 is 0 Å². The van der Waals surface area contributed by atoms with Crippen molar-refractivity contribution in [2.24, 2.45) is 7.05 Å². The van der Waals surface area contributed by atoms with Gasteiger partial charge in [0.25, 0.3) is 5.91 Å². The number of rotatable bonds is 6. The van der Waals surface area contributed by atoms with Gasteiger partial charge in [-0.25, -0.2) is 9.07 Å². The molecule has 6 rings (SSSR count). The second-order valence-electron chi connectivity index (χ2n) is 10.2. The van der Waals surface area contributed by atoms with Crippen LogP contribution >= 0.6 is 9.24 Å². The Morgan fingerprint density at radius 2 is 1.76 bits per heavy atom. The number of likely N-dealkylation sites (tertiary alicyclic amines) is 1. The topological polar surface area (TPSA) is 73.0 Å². The fraction of sp³-hybridized carbons (Fsp3) is 0.310. The number of aromatic nitrogens is 4. The highest BCUT2D eigenvalue weighted by Gasteiger charge is 2.44. The van der Waals surface area contributed by atoms with Crippen LogP contribution in [0, 0.1) is 5.82 Å². The van der Waals surface area contributed by atoms with E-state index in [1.807, 2.05) is 43.7 Å². The van der Waals surface area contributed by atoms with E-state index in [-0.39, 0.29) is 28.8 Å². The summed E-state index contributed by atoms with van der Waals surface area (Å²) in [5.74, 6) is -0.374. The Morgan fingerprint density at radius 1 is 0.974 bits per heavy atom. The van der Waals surface area contributed by atoms with Gasteiger partial charge in [0.05, 0.1) is 34.9 Å². The molecule has 1 aliphatic heterocycles. The zero-order valence-electron chi connectivity index (χ0n) is 21.2. The number of carbonyl (C=O) groups excluding carboxylic acids is 2. The lowest BCUT2D eigenvalue weighted by atomic mass is 10.00. The number of hydrogen-bond donors (Lipinski definition) is 0. The third-order valence-corrected chi connectivity index (χ3v) is 7.95. The molecule has 3 heterocycles. The molecule has 2 aromatic heterocycles. The number of halogens is 1. The van der Waals surface area contributed by atoms with E-state index in [9.17, 15) is 9.59 Å². The van der Waals surface area contributed by atoms with Gasteiger partial charge in [0, 0.05) is 37.8 Å². The van der Waals surface area contributed by atoms with E-state index in [2.05, 4.69) is 19.4 Å². The summed E-state index contributed by atoms with van der Waals surface area (Å²) in [5, 5.41) is 8.87. The van der Waals surface area contributed by atoms with E-state index >= 15 is 4.39 Å². The monoisotopic (exact) mass is 529 g/mol. The number of hydrogen-bond acceptors (Lipinski definition) is 4. The van der Waals surface area contributed by atoms with E-state index in [1.165, 1.54) is 0 Å². The molecule has 1 aliphatic carbocycles. The van der Waals surface area contributed by atoms with Gasteiger partial charge in [0.2, 0.25) is 0 Å². The Morgan fingerprint density at radius 3 is 2.50 bits per heavy atom. The molecule has 2 aliphatic rings. The summed E-state index contributed by atoms with van der Waals surface area (Å²) < 4.78 is 19.3. The minimum Gasteiger partial charge on any atom is -0.339 e. The van der Waals surface area contributed by atoms with Gasteiger partial charge in [0.1, 0.15) is 5.82 Å². The first-order valence-electron chi connectivity index (χ1n) is 13.0. The molecule has 38 heavy (non-hydrogen) atoms. The van der Waals surface area contributed by atoms with Crippen LogP contribution in [-0.4, -0.2) is 49.0 Å². The number of carbonyl (C=O) groups is 2. The number of nitrogens with zero attached hydrogens (tertiary/aromatic N) is 5. The van der Waals surface area contributed by atoms with Crippen LogP contribution in [0.4, 0.5) is 4.39 Å². The predicted molar refractivity (Wildman–Crippen MR) is 146 cm³/mol. The van der Waals surface area contributed by atoms with Crippen LogP contribution in [0.1, 0.15) is 69.5 Å². The minimum atomic E-state index is -0.513. The molecule has 0 spiro atoms. The summed E-state index contributed by atoms with van der Waals surface area (Å²) in [4.78, 5) is 27.3. The highest BCUT2D eigenvalue weighted by Crippen LogP contribution is 2.55. The zero-order chi connectivity index (χ0) is 26.4. The lowest BCUT2D eigenvalue weighted by Gasteiger charge is -2.27. The maximum absolute atomic E-state index is 15.7. The molecular formula is C29H29FN5O2P. The molecule has 2 aromatic carbocycles. The number of aryl methyl sites for hydroxylation is 1. The third-order valence-electron chi connectivity index (χ3n) is 7.64. The van der Waals surface area contributed by atoms with Crippen molar-refractivity contribution in [3.05, 3.63) is 89.3 Å². The Kier molecular flexibility index (Phi) is 6.44. The molecule has 7 nitrogen and oxygen atoms in total. The summed E-state index contributed by atoms with van der Waals surface area (Å²) in [5.41, 5.74) is 4.29. The summed E-state index contributed by atoms with van der Waals surface area (Å²) in [6, 6.07) is 12.4. The maximum atomic E-state index is 15.7. The highest BCUT2D eigenvalue weighted by molar-refractivity contribution is 7.41. The molecular weight excluding hydrogens is 500 g/mol. The van der Waals surface area contributed by atoms with Gasteiger partial charge in [-0.1, -0.05) is 33.5 Å². The van der Waals surface area contributed by atoms with Crippen molar-refractivity contribution in [1.29, 1.82) is 0 Å². The molecule has 2 fully saturated rings. The quantitative estimate of drug-likeness (QED) is 0.317. The van der Waals surface area contributed by atoms with Crippen molar-refractivity contribution >= 4 is 20.7 Å². The van der Waals surface area contributed by atoms with Crippen LogP contribution in [0.2, 0.25) is 0 Å². The van der Waals surface area contributed by atoms with Gasteiger partial charge < -0.3 is 4.90 Å². The van der Waals surface area contributed by atoms with E-state index in [0.717, 1.165) is 42.6 Å². The Hall–Kier alpha value is -3.64. The molecule has 1 saturated carbocycles. The van der Waals surface area contributed by atoms with Crippen LogP contribution in [0.15, 0.2) is 61.1 Å². The molecule has 1 amide bonds. The van der Waals surface area contributed by atoms with E-state index in [0.29, 0.717) is 29.8 Å². The summed E-state index contributed by atoms with van der Waals surface area (Å²) >= 11 is 0. The average molecular weight is 530 g/mol. The Balaban J connectivity index is 1.35. The molecule has 1 saturated heterocycles.